The fourth-order valence-electron chi connectivity index (χ4n) is 2.56. The van der Waals surface area contributed by atoms with E-state index in [0.717, 1.165) is 0 Å². The van der Waals surface area contributed by atoms with E-state index in [1.54, 1.807) is 54.6 Å². The minimum Gasteiger partial charge on any atom is -0.318 e. The predicted octanol–water partition coefficient (Wildman–Crippen LogP) is 5.02. The molecule has 0 atom stereocenters. The van der Waals surface area contributed by atoms with Gasteiger partial charge >= 0.3 is 0 Å². The van der Waals surface area contributed by atoms with Crippen molar-refractivity contribution in [3.8, 4) is 0 Å². The van der Waals surface area contributed by atoms with Crippen molar-refractivity contribution in [2.24, 2.45) is 0 Å². The first-order valence-corrected chi connectivity index (χ1v) is 10.4. The molecule has 27 heavy (non-hydrogen) atoms. The first kappa shape index (κ1) is 19.3. The average molecular weight is 397 g/mol. The molecule has 5 heteroatoms. The molecule has 3 nitrogen and oxygen atoms in total. The summed E-state index contributed by atoms with van der Waals surface area (Å²) >= 11 is 5.83. The average Bonchev–Trinajstić information content (AvgIpc) is 2.72. The van der Waals surface area contributed by atoms with Crippen LogP contribution in [0.2, 0.25) is 5.02 Å². The van der Waals surface area contributed by atoms with Crippen LogP contribution in [0.25, 0.3) is 0 Å². The summed E-state index contributed by atoms with van der Waals surface area (Å²) in [4.78, 5) is 12.2. The molecule has 3 aromatic rings. The molecule has 136 valence electrons. The summed E-state index contributed by atoms with van der Waals surface area (Å²) in [6, 6.07) is 24.8. The van der Waals surface area contributed by atoms with Gasteiger partial charge in [-0.1, -0.05) is 54.1 Å². The molecule has 0 unspecified atom stereocenters. The number of halogens is 1. The number of benzene rings is 3. The Hall–Kier alpha value is -2.45. The molecule has 0 aromatic heterocycles. The summed E-state index contributed by atoms with van der Waals surface area (Å²) < 4.78 is 19.4. The zero-order chi connectivity index (χ0) is 19.1. The number of allylic oxidation sites excluding steroid dienone is 1. The van der Waals surface area contributed by atoms with Gasteiger partial charge in [-0.2, -0.15) is 0 Å². The van der Waals surface area contributed by atoms with E-state index in [1.807, 2.05) is 36.4 Å². The van der Waals surface area contributed by atoms with Gasteiger partial charge in [-0.25, -0.2) is 0 Å². The zero-order valence-corrected chi connectivity index (χ0v) is 16.1. The predicted molar refractivity (Wildman–Crippen MR) is 111 cm³/mol. The van der Waals surface area contributed by atoms with E-state index in [0.29, 0.717) is 21.2 Å². The van der Waals surface area contributed by atoms with E-state index in [2.05, 4.69) is 0 Å². The van der Waals surface area contributed by atoms with Crippen molar-refractivity contribution < 1.29 is 13.9 Å². The normalized spacial score (nSPS) is 11.6. The lowest BCUT2D eigenvalue weighted by molar-refractivity contribution is 0.104. The molecule has 3 aromatic carbocycles. The Morgan fingerprint density at radius 2 is 1.37 bits per heavy atom. The van der Waals surface area contributed by atoms with Gasteiger partial charge in [0.05, 0.1) is 6.61 Å². The minimum atomic E-state index is -3.24. The van der Waals surface area contributed by atoms with Gasteiger partial charge in [0.2, 0.25) is 0 Å². The highest BCUT2D eigenvalue weighted by Gasteiger charge is 2.27. The van der Waals surface area contributed by atoms with Crippen LogP contribution in [0.15, 0.2) is 97.1 Å². The molecule has 0 heterocycles. The van der Waals surface area contributed by atoms with E-state index < -0.39 is 7.37 Å². The smallest absolute Gasteiger partial charge is 0.261 e. The fraction of sp³-hybridized carbons (Fsp3) is 0.0455. The van der Waals surface area contributed by atoms with Crippen molar-refractivity contribution in [2.75, 3.05) is 6.61 Å². The fourth-order valence-corrected chi connectivity index (χ4v) is 4.71. The zero-order valence-electron chi connectivity index (χ0n) is 14.5. The van der Waals surface area contributed by atoms with Gasteiger partial charge in [0.25, 0.3) is 7.37 Å². The molecule has 0 spiro atoms. The summed E-state index contributed by atoms with van der Waals surface area (Å²) in [6.45, 7) is 0.0559. The summed E-state index contributed by atoms with van der Waals surface area (Å²) in [5.74, 6) is -0.162. The Morgan fingerprint density at radius 3 is 1.89 bits per heavy atom. The van der Waals surface area contributed by atoms with Crippen LogP contribution < -0.4 is 10.6 Å². The Labute approximate surface area is 163 Å². The number of carbonyl (C=O) groups is 1. The van der Waals surface area contributed by atoms with Crippen molar-refractivity contribution in [3.05, 3.63) is 108 Å². The maximum absolute atomic E-state index is 13.6. The van der Waals surface area contributed by atoms with Gasteiger partial charge in [-0.3, -0.25) is 9.36 Å². The largest absolute Gasteiger partial charge is 0.318 e. The molecule has 0 fully saturated rings. The van der Waals surface area contributed by atoms with Crippen molar-refractivity contribution in [2.45, 2.75) is 0 Å². The Kier molecular flexibility index (Phi) is 6.41. The van der Waals surface area contributed by atoms with Crippen LogP contribution in [0.4, 0.5) is 0 Å². The van der Waals surface area contributed by atoms with Crippen molar-refractivity contribution in [3.63, 3.8) is 0 Å². The van der Waals surface area contributed by atoms with Crippen LogP contribution in [0.3, 0.4) is 0 Å². The molecule has 0 saturated carbocycles. The van der Waals surface area contributed by atoms with Gasteiger partial charge in [0, 0.05) is 21.2 Å². The second-order valence-corrected chi connectivity index (χ2v) is 8.62. The molecule has 0 bridgehead atoms. The van der Waals surface area contributed by atoms with Gasteiger partial charge in [-0.05, 0) is 54.6 Å². The maximum atomic E-state index is 13.6. The highest BCUT2D eigenvalue weighted by molar-refractivity contribution is 7.74. The SMILES string of the molecule is O=C(/C=C/COP(=O)(c1ccccc1)c1ccccc1)c1ccc(Cl)cc1. The first-order valence-electron chi connectivity index (χ1n) is 8.42. The summed E-state index contributed by atoms with van der Waals surface area (Å²) in [6.07, 6.45) is 3.00. The highest BCUT2D eigenvalue weighted by Crippen LogP contribution is 2.44. The molecule has 0 radical (unpaired) electrons. The van der Waals surface area contributed by atoms with E-state index in [9.17, 15) is 9.36 Å². The molecule has 3 rings (SSSR count). The van der Waals surface area contributed by atoms with Gasteiger partial charge in [0.1, 0.15) is 0 Å². The molecule has 0 amide bonds. The lowest BCUT2D eigenvalue weighted by Gasteiger charge is -2.18. The van der Waals surface area contributed by atoms with Crippen LogP contribution >= 0.6 is 19.0 Å². The summed E-state index contributed by atoms with van der Waals surface area (Å²) in [5.41, 5.74) is 0.532. The number of hydrogen-bond acceptors (Lipinski definition) is 3. The van der Waals surface area contributed by atoms with E-state index in [-0.39, 0.29) is 12.4 Å². The van der Waals surface area contributed by atoms with E-state index in [1.165, 1.54) is 6.08 Å². The Morgan fingerprint density at radius 1 is 0.852 bits per heavy atom. The number of carbonyl (C=O) groups excluding carboxylic acids is 1. The number of ketones is 1. The Bertz CT molecular complexity index is 924. The van der Waals surface area contributed by atoms with Gasteiger partial charge in [0.15, 0.2) is 5.78 Å². The number of rotatable bonds is 7. The molecule has 0 aliphatic rings. The van der Waals surface area contributed by atoms with Crippen LogP contribution in [-0.4, -0.2) is 12.4 Å². The van der Waals surface area contributed by atoms with Crippen molar-refractivity contribution >= 4 is 35.4 Å². The van der Waals surface area contributed by atoms with Gasteiger partial charge < -0.3 is 4.52 Å². The molecule has 0 N–H and O–H groups in total. The minimum absolute atomic E-state index is 0.0559. The second-order valence-electron chi connectivity index (χ2n) is 5.79. The van der Waals surface area contributed by atoms with E-state index >= 15 is 0 Å². The standard InChI is InChI=1S/C22H18ClO3P/c23-19-15-13-18(14-16-19)22(24)12-7-17-26-27(25,20-8-3-1-4-9-20)21-10-5-2-6-11-21/h1-16H,17H2/b12-7+. The van der Waals surface area contributed by atoms with Crippen LogP contribution in [0, 0.1) is 0 Å². The monoisotopic (exact) mass is 396 g/mol. The van der Waals surface area contributed by atoms with Gasteiger partial charge in [-0.15, -0.1) is 0 Å². The lowest BCUT2D eigenvalue weighted by atomic mass is 10.1. The topological polar surface area (TPSA) is 43.4 Å². The van der Waals surface area contributed by atoms with Crippen LogP contribution in [0.1, 0.15) is 10.4 Å². The van der Waals surface area contributed by atoms with Crippen molar-refractivity contribution in [1.82, 2.24) is 0 Å². The highest BCUT2D eigenvalue weighted by atomic mass is 35.5. The molecule has 0 saturated heterocycles. The Balaban J connectivity index is 1.75. The lowest BCUT2D eigenvalue weighted by Crippen LogP contribution is -2.18. The molecule has 0 aliphatic carbocycles. The summed E-state index contributed by atoms with van der Waals surface area (Å²) in [7, 11) is -3.24. The third kappa shape index (κ3) is 4.84. The van der Waals surface area contributed by atoms with Crippen LogP contribution in [-0.2, 0) is 9.09 Å². The van der Waals surface area contributed by atoms with Crippen LogP contribution in [0.5, 0.6) is 0 Å². The third-order valence-corrected chi connectivity index (χ3v) is 6.66. The quantitative estimate of drug-likeness (QED) is 0.320. The second kappa shape index (κ2) is 8.96. The first-order chi connectivity index (χ1) is 13.1. The third-order valence-electron chi connectivity index (χ3n) is 3.94. The van der Waals surface area contributed by atoms with E-state index in [4.69, 9.17) is 16.1 Å². The molecular weight excluding hydrogens is 379 g/mol. The summed E-state index contributed by atoms with van der Waals surface area (Å²) in [5, 5.41) is 1.81. The molecule has 0 aliphatic heterocycles. The number of hydrogen-bond donors (Lipinski definition) is 0. The van der Waals surface area contributed by atoms with Crippen molar-refractivity contribution in [1.29, 1.82) is 0 Å². The maximum Gasteiger partial charge on any atom is 0.261 e. The molecular formula is C22H18ClO3P.